The van der Waals surface area contributed by atoms with Crippen LogP contribution in [0.4, 0.5) is 0 Å². The third-order valence-corrected chi connectivity index (χ3v) is 3.06. The van der Waals surface area contributed by atoms with Gasteiger partial charge in [-0.15, -0.1) is 0 Å². The van der Waals surface area contributed by atoms with Crippen molar-refractivity contribution >= 4 is 5.91 Å². The van der Waals surface area contributed by atoms with E-state index in [9.17, 15) is 10.1 Å². The van der Waals surface area contributed by atoms with Gasteiger partial charge >= 0.3 is 0 Å². The molecule has 1 heterocycles. The molecule has 1 aliphatic carbocycles. The number of carbonyl (C=O) groups is 1. The molecule has 0 saturated heterocycles. The lowest BCUT2D eigenvalue weighted by atomic mass is 9.99. The number of hydrogen-bond donors (Lipinski definition) is 1. The van der Waals surface area contributed by atoms with Gasteiger partial charge < -0.3 is 5.32 Å². The Balaban J connectivity index is 2.14. The van der Waals surface area contributed by atoms with Gasteiger partial charge in [0.15, 0.2) is 0 Å². The number of rotatable bonds is 2. The Morgan fingerprint density at radius 2 is 2.24 bits per heavy atom. The van der Waals surface area contributed by atoms with Crippen LogP contribution in [0.15, 0.2) is 12.3 Å². The molecule has 0 aliphatic heterocycles. The van der Waals surface area contributed by atoms with Crippen LogP contribution in [-0.4, -0.2) is 21.6 Å². The average molecular weight is 230 g/mol. The summed E-state index contributed by atoms with van der Waals surface area (Å²) in [6, 6.07) is 3.89. The minimum atomic E-state index is -0.686. The summed E-state index contributed by atoms with van der Waals surface area (Å²) >= 11 is 0. The molecule has 1 N–H and O–H groups in total. The molecule has 0 bridgehead atoms. The topological polar surface area (TPSA) is 78.7 Å². The molecule has 1 saturated carbocycles. The second-order valence-electron chi connectivity index (χ2n) is 4.44. The van der Waals surface area contributed by atoms with Gasteiger partial charge in [0.2, 0.25) is 0 Å². The molecule has 5 heteroatoms. The molecule has 1 amide bonds. The molecule has 17 heavy (non-hydrogen) atoms. The van der Waals surface area contributed by atoms with Crippen molar-refractivity contribution in [3.8, 4) is 6.07 Å². The number of nitrogens with zero attached hydrogens (tertiary/aromatic N) is 3. The minimum absolute atomic E-state index is 0.244. The van der Waals surface area contributed by atoms with Crippen molar-refractivity contribution in [3.63, 3.8) is 0 Å². The normalized spacial score (nSPS) is 17.4. The average Bonchev–Trinajstić information content (AvgIpc) is 2.78. The predicted octanol–water partition coefficient (Wildman–Crippen LogP) is 1.35. The number of aromatic nitrogens is 2. The smallest absolute Gasteiger partial charge is 0.254 e. The van der Waals surface area contributed by atoms with Crippen molar-refractivity contribution in [1.82, 2.24) is 15.5 Å². The summed E-state index contributed by atoms with van der Waals surface area (Å²) in [6.07, 6.45) is 4.85. The summed E-state index contributed by atoms with van der Waals surface area (Å²) in [7, 11) is 0. The summed E-state index contributed by atoms with van der Waals surface area (Å²) in [4.78, 5) is 12.0. The summed E-state index contributed by atoms with van der Waals surface area (Å²) in [6.45, 7) is 1.78. The Bertz CT molecular complexity index is 472. The molecule has 0 atom stereocenters. The summed E-state index contributed by atoms with van der Waals surface area (Å²) in [5.41, 5.74) is 0.461. The maximum absolute atomic E-state index is 12.0. The molecule has 1 fully saturated rings. The van der Waals surface area contributed by atoms with E-state index in [1.165, 1.54) is 6.20 Å². The van der Waals surface area contributed by atoms with Crippen molar-refractivity contribution in [1.29, 1.82) is 5.26 Å². The van der Waals surface area contributed by atoms with Crippen LogP contribution in [0, 0.1) is 18.3 Å². The largest absolute Gasteiger partial charge is 0.334 e. The fourth-order valence-electron chi connectivity index (χ4n) is 2.13. The Morgan fingerprint density at radius 1 is 1.53 bits per heavy atom. The molecular formula is C12H14N4O. The third kappa shape index (κ3) is 2.41. The van der Waals surface area contributed by atoms with Gasteiger partial charge in [0.1, 0.15) is 5.54 Å². The van der Waals surface area contributed by atoms with Crippen molar-refractivity contribution in [2.45, 2.75) is 38.1 Å². The van der Waals surface area contributed by atoms with E-state index in [1.54, 1.807) is 13.0 Å². The zero-order valence-corrected chi connectivity index (χ0v) is 9.73. The summed E-state index contributed by atoms with van der Waals surface area (Å²) < 4.78 is 0. The molecular weight excluding hydrogens is 216 g/mol. The monoisotopic (exact) mass is 230 g/mol. The van der Waals surface area contributed by atoms with E-state index in [-0.39, 0.29) is 5.91 Å². The van der Waals surface area contributed by atoms with E-state index in [1.807, 2.05) is 0 Å². The number of nitriles is 1. The molecule has 0 unspecified atom stereocenters. The highest BCUT2D eigenvalue weighted by Crippen LogP contribution is 2.29. The van der Waals surface area contributed by atoms with Crippen molar-refractivity contribution in [2.75, 3.05) is 0 Å². The zero-order valence-electron chi connectivity index (χ0n) is 9.73. The van der Waals surface area contributed by atoms with E-state index in [2.05, 4.69) is 21.6 Å². The number of nitrogens with one attached hydrogen (secondary N) is 1. The second-order valence-corrected chi connectivity index (χ2v) is 4.44. The van der Waals surface area contributed by atoms with Crippen molar-refractivity contribution < 1.29 is 4.79 Å². The van der Waals surface area contributed by atoms with Crippen LogP contribution in [0.2, 0.25) is 0 Å². The van der Waals surface area contributed by atoms with Crippen molar-refractivity contribution in [3.05, 3.63) is 23.5 Å². The van der Waals surface area contributed by atoms with E-state index in [4.69, 9.17) is 0 Å². The van der Waals surface area contributed by atoms with Gasteiger partial charge in [-0.05, 0) is 38.7 Å². The lowest BCUT2D eigenvalue weighted by Gasteiger charge is -2.21. The Morgan fingerprint density at radius 3 is 2.82 bits per heavy atom. The van der Waals surface area contributed by atoms with E-state index < -0.39 is 5.54 Å². The molecule has 0 radical (unpaired) electrons. The standard InChI is InChI=1S/C12H14N4O/c1-9-6-10(7-14-16-9)11(17)15-12(8-13)4-2-3-5-12/h6-7H,2-5H2,1H3,(H,15,17). The Hall–Kier alpha value is -1.96. The third-order valence-electron chi connectivity index (χ3n) is 3.06. The predicted molar refractivity (Wildman–Crippen MR) is 61.0 cm³/mol. The fraction of sp³-hybridized carbons (Fsp3) is 0.500. The first-order valence-electron chi connectivity index (χ1n) is 5.68. The number of aryl methyl sites for hydroxylation is 1. The van der Waals surface area contributed by atoms with Crippen LogP contribution in [0.25, 0.3) is 0 Å². The minimum Gasteiger partial charge on any atom is -0.334 e. The lowest BCUT2D eigenvalue weighted by Crippen LogP contribution is -2.45. The van der Waals surface area contributed by atoms with Gasteiger partial charge in [0.25, 0.3) is 5.91 Å². The lowest BCUT2D eigenvalue weighted by molar-refractivity contribution is 0.0920. The zero-order chi connectivity index (χ0) is 12.3. The van der Waals surface area contributed by atoms with Crippen molar-refractivity contribution in [2.24, 2.45) is 0 Å². The van der Waals surface area contributed by atoms with Gasteiger partial charge in [-0.2, -0.15) is 15.5 Å². The molecule has 1 aromatic rings. The van der Waals surface area contributed by atoms with Gasteiger partial charge in [0, 0.05) is 0 Å². The summed E-state index contributed by atoms with van der Waals surface area (Å²) in [5.74, 6) is -0.244. The molecule has 1 aromatic heterocycles. The molecule has 2 rings (SSSR count). The quantitative estimate of drug-likeness (QED) is 0.831. The maximum Gasteiger partial charge on any atom is 0.254 e. The second kappa shape index (κ2) is 4.50. The highest BCUT2D eigenvalue weighted by atomic mass is 16.1. The molecule has 1 aliphatic rings. The van der Waals surface area contributed by atoms with Gasteiger partial charge in [-0.3, -0.25) is 4.79 Å². The van der Waals surface area contributed by atoms with Crippen LogP contribution in [0.5, 0.6) is 0 Å². The van der Waals surface area contributed by atoms with Crippen LogP contribution < -0.4 is 5.32 Å². The molecule has 0 aromatic carbocycles. The molecule has 88 valence electrons. The van der Waals surface area contributed by atoms with E-state index in [0.29, 0.717) is 11.3 Å². The number of hydrogen-bond acceptors (Lipinski definition) is 4. The first-order valence-corrected chi connectivity index (χ1v) is 5.68. The van der Waals surface area contributed by atoms with Crippen LogP contribution in [0.1, 0.15) is 41.7 Å². The number of carbonyl (C=O) groups excluding carboxylic acids is 1. The fourth-order valence-corrected chi connectivity index (χ4v) is 2.13. The number of amides is 1. The summed E-state index contributed by atoms with van der Waals surface area (Å²) in [5, 5.41) is 19.5. The first-order chi connectivity index (χ1) is 8.15. The SMILES string of the molecule is Cc1cc(C(=O)NC2(C#N)CCCC2)cnn1. The Kier molecular flexibility index (Phi) is 3.05. The van der Waals surface area contributed by atoms with Gasteiger partial charge in [-0.25, -0.2) is 0 Å². The van der Waals surface area contributed by atoms with Crippen LogP contribution in [-0.2, 0) is 0 Å². The first kappa shape index (κ1) is 11.5. The van der Waals surface area contributed by atoms with Gasteiger partial charge in [0.05, 0.1) is 23.5 Å². The molecule has 5 nitrogen and oxygen atoms in total. The van der Waals surface area contributed by atoms with E-state index in [0.717, 1.165) is 25.7 Å². The Labute approximate surface area is 99.9 Å². The highest BCUT2D eigenvalue weighted by molar-refractivity contribution is 5.94. The van der Waals surface area contributed by atoms with Crippen LogP contribution >= 0.6 is 0 Å². The van der Waals surface area contributed by atoms with E-state index >= 15 is 0 Å². The van der Waals surface area contributed by atoms with Gasteiger partial charge in [-0.1, -0.05) is 0 Å². The maximum atomic E-state index is 12.0. The molecule has 0 spiro atoms. The van der Waals surface area contributed by atoms with Crippen LogP contribution in [0.3, 0.4) is 0 Å². The highest BCUT2D eigenvalue weighted by Gasteiger charge is 2.35.